The van der Waals surface area contributed by atoms with Crippen molar-refractivity contribution >= 4 is 15.9 Å². The lowest BCUT2D eigenvalue weighted by molar-refractivity contribution is 0.0946. The Labute approximate surface area is 136 Å². The number of hydrogen-bond acceptors (Lipinski definition) is 5. The van der Waals surface area contributed by atoms with Gasteiger partial charge in [0.05, 0.1) is 7.11 Å². The van der Waals surface area contributed by atoms with Gasteiger partial charge in [-0.1, -0.05) is 0 Å². The minimum absolute atomic E-state index is 0.0276. The van der Waals surface area contributed by atoms with Gasteiger partial charge in [0.25, 0.3) is 5.91 Å². The largest absolute Gasteiger partial charge is 0.495 e. The zero-order valence-electron chi connectivity index (χ0n) is 13.5. The van der Waals surface area contributed by atoms with Crippen molar-refractivity contribution in [1.29, 1.82) is 0 Å². The minimum atomic E-state index is -3.72. The fourth-order valence-corrected chi connectivity index (χ4v) is 3.42. The number of nitrogens with one attached hydrogen (secondary N) is 2. The van der Waals surface area contributed by atoms with E-state index in [0.29, 0.717) is 0 Å². The van der Waals surface area contributed by atoms with Crippen LogP contribution in [0.2, 0.25) is 0 Å². The van der Waals surface area contributed by atoms with Crippen LogP contribution in [-0.4, -0.2) is 39.6 Å². The molecule has 2 rings (SSSR count). The average Bonchev–Trinajstić information content (AvgIpc) is 3.26. The Balaban J connectivity index is 2.26. The fourth-order valence-electron chi connectivity index (χ4n) is 1.92. The highest BCUT2D eigenvalue weighted by Gasteiger charge is 2.30. The molecule has 0 aromatic heterocycles. The fraction of sp³-hybridized carbons (Fsp3) is 0.533. The molecule has 1 aliphatic carbocycles. The van der Waals surface area contributed by atoms with E-state index < -0.39 is 15.6 Å². The molecule has 0 saturated heterocycles. The number of hydrogen-bond donors (Lipinski definition) is 3. The zero-order chi connectivity index (χ0) is 17.3. The van der Waals surface area contributed by atoms with Crippen molar-refractivity contribution in [3.8, 4) is 5.75 Å². The van der Waals surface area contributed by atoms with Crippen LogP contribution in [0.25, 0.3) is 0 Å². The number of methoxy groups -OCH3 is 1. The first-order chi connectivity index (χ1) is 10.6. The van der Waals surface area contributed by atoms with Crippen LogP contribution < -0.4 is 20.5 Å². The smallest absolute Gasteiger partial charge is 0.251 e. The summed E-state index contributed by atoms with van der Waals surface area (Å²) in [5, 5.41) is 2.69. The number of benzene rings is 1. The van der Waals surface area contributed by atoms with Crippen LogP contribution in [0.5, 0.6) is 5.75 Å². The quantitative estimate of drug-likeness (QED) is 0.673. The lowest BCUT2D eigenvalue weighted by Gasteiger charge is -2.19. The van der Waals surface area contributed by atoms with E-state index in [1.54, 1.807) is 13.8 Å². The van der Waals surface area contributed by atoms with Gasteiger partial charge >= 0.3 is 0 Å². The van der Waals surface area contributed by atoms with Crippen LogP contribution >= 0.6 is 0 Å². The first-order valence-electron chi connectivity index (χ1n) is 7.40. The van der Waals surface area contributed by atoms with Gasteiger partial charge in [0.2, 0.25) is 10.0 Å². The van der Waals surface area contributed by atoms with Gasteiger partial charge < -0.3 is 15.8 Å². The molecule has 0 atom stereocenters. The standard InChI is InChI=1S/C15H23N3O4S/c1-15(2,16)9-17-14(19)10-4-7-12(22-3)13(8-10)23(20,21)18-11-5-6-11/h4,7-8,11,18H,5-6,9,16H2,1-3H3,(H,17,19). The summed E-state index contributed by atoms with van der Waals surface area (Å²) < 4.78 is 32.5. The molecule has 8 heteroatoms. The van der Waals surface area contributed by atoms with E-state index in [1.807, 2.05) is 0 Å². The summed E-state index contributed by atoms with van der Waals surface area (Å²) in [5.41, 5.74) is 5.52. The first-order valence-corrected chi connectivity index (χ1v) is 8.88. The third-order valence-electron chi connectivity index (χ3n) is 3.32. The molecular formula is C15H23N3O4S. The number of nitrogens with two attached hydrogens (primary N) is 1. The molecule has 1 aromatic rings. The Hall–Kier alpha value is -1.64. The van der Waals surface area contributed by atoms with Crippen LogP contribution in [0, 0.1) is 0 Å². The SMILES string of the molecule is COc1ccc(C(=O)NCC(C)(C)N)cc1S(=O)(=O)NC1CC1. The predicted molar refractivity (Wildman–Crippen MR) is 86.9 cm³/mol. The van der Waals surface area contributed by atoms with Crippen molar-refractivity contribution < 1.29 is 17.9 Å². The first kappa shape index (κ1) is 17.7. The molecular weight excluding hydrogens is 318 g/mol. The molecule has 0 aliphatic heterocycles. The van der Waals surface area contributed by atoms with E-state index in [4.69, 9.17) is 10.5 Å². The average molecular weight is 341 g/mol. The molecule has 1 aromatic carbocycles. The lowest BCUT2D eigenvalue weighted by Crippen LogP contribution is -2.45. The normalized spacial score (nSPS) is 15.3. The van der Waals surface area contributed by atoms with Gasteiger partial charge in [0, 0.05) is 23.7 Å². The number of sulfonamides is 1. The Kier molecular flexibility index (Phi) is 4.98. The van der Waals surface area contributed by atoms with Crippen LogP contribution in [0.1, 0.15) is 37.0 Å². The number of ether oxygens (including phenoxy) is 1. The molecule has 4 N–H and O–H groups in total. The second-order valence-corrected chi connectivity index (χ2v) is 8.11. The summed E-state index contributed by atoms with van der Waals surface area (Å²) >= 11 is 0. The maximum atomic E-state index is 12.4. The highest BCUT2D eigenvalue weighted by atomic mass is 32.2. The van der Waals surface area contributed by atoms with Crippen LogP contribution in [0.15, 0.2) is 23.1 Å². The number of carbonyl (C=O) groups is 1. The summed E-state index contributed by atoms with van der Waals surface area (Å²) in [5.74, 6) is -0.178. The summed E-state index contributed by atoms with van der Waals surface area (Å²) in [6, 6.07) is 4.29. The molecule has 7 nitrogen and oxygen atoms in total. The molecule has 0 radical (unpaired) electrons. The molecule has 1 fully saturated rings. The van der Waals surface area contributed by atoms with Crippen LogP contribution in [-0.2, 0) is 10.0 Å². The van der Waals surface area contributed by atoms with Gasteiger partial charge in [-0.3, -0.25) is 4.79 Å². The van der Waals surface area contributed by atoms with Crippen molar-refractivity contribution in [2.45, 2.75) is 43.2 Å². The summed E-state index contributed by atoms with van der Waals surface area (Å²) in [6.07, 6.45) is 1.65. The maximum absolute atomic E-state index is 12.4. The van der Waals surface area contributed by atoms with E-state index in [0.717, 1.165) is 12.8 Å². The molecule has 0 heterocycles. The number of rotatable bonds is 7. The summed E-state index contributed by atoms with van der Waals surface area (Å²) in [6.45, 7) is 3.85. The van der Waals surface area contributed by atoms with Crippen molar-refractivity contribution in [1.82, 2.24) is 10.0 Å². The molecule has 0 spiro atoms. The zero-order valence-corrected chi connectivity index (χ0v) is 14.4. The topological polar surface area (TPSA) is 111 Å². The van der Waals surface area contributed by atoms with E-state index >= 15 is 0 Å². The Morgan fingerprint density at radius 1 is 1.39 bits per heavy atom. The van der Waals surface area contributed by atoms with E-state index in [1.165, 1.54) is 25.3 Å². The Morgan fingerprint density at radius 2 is 2.04 bits per heavy atom. The monoisotopic (exact) mass is 341 g/mol. The van der Waals surface area contributed by atoms with Gasteiger partial charge in [-0.2, -0.15) is 0 Å². The maximum Gasteiger partial charge on any atom is 0.251 e. The van der Waals surface area contributed by atoms with Crippen molar-refractivity contribution in [3.05, 3.63) is 23.8 Å². The molecule has 0 bridgehead atoms. The molecule has 23 heavy (non-hydrogen) atoms. The molecule has 128 valence electrons. The summed E-state index contributed by atoms with van der Waals surface area (Å²) in [4.78, 5) is 12.1. The number of amides is 1. The molecule has 1 saturated carbocycles. The van der Waals surface area contributed by atoms with Crippen molar-refractivity contribution in [2.75, 3.05) is 13.7 Å². The lowest BCUT2D eigenvalue weighted by atomic mass is 10.1. The van der Waals surface area contributed by atoms with E-state index in [2.05, 4.69) is 10.0 Å². The highest BCUT2D eigenvalue weighted by Crippen LogP contribution is 2.28. The molecule has 0 unspecified atom stereocenters. The third-order valence-corrected chi connectivity index (χ3v) is 4.86. The van der Waals surface area contributed by atoms with E-state index in [9.17, 15) is 13.2 Å². The van der Waals surface area contributed by atoms with Crippen molar-refractivity contribution in [3.63, 3.8) is 0 Å². The van der Waals surface area contributed by atoms with Gasteiger partial charge in [-0.05, 0) is 44.9 Å². The van der Waals surface area contributed by atoms with Gasteiger partial charge in [0.1, 0.15) is 10.6 Å². The predicted octanol–water partition coefficient (Wildman–Crippen LogP) is 0.603. The van der Waals surface area contributed by atoms with Crippen molar-refractivity contribution in [2.24, 2.45) is 5.73 Å². The second-order valence-electron chi connectivity index (χ2n) is 6.43. The highest BCUT2D eigenvalue weighted by molar-refractivity contribution is 7.89. The van der Waals surface area contributed by atoms with E-state index in [-0.39, 0.29) is 34.7 Å². The van der Waals surface area contributed by atoms with Gasteiger partial charge in [-0.25, -0.2) is 13.1 Å². The third kappa shape index (κ3) is 4.92. The van der Waals surface area contributed by atoms with Gasteiger partial charge in [-0.15, -0.1) is 0 Å². The Bertz CT molecular complexity index is 691. The molecule has 1 amide bonds. The summed E-state index contributed by atoms with van der Waals surface area (Å²) in [7, 11) is -2.33. The van der Waals surface area contributed by atoms with Crippen LogP contribution in [0.3, 0.4) is 0 Å². The minimum Gasteiger partial charge on any atom is -0.495 e. The molecule has 1 aliphatic rings. The second kappa shape index (κ2) is 6.46. The van der Waals surface area contributed by atoms with Gasteiger partial charge in [0.15, 0.2) is 0 Å². The van der Waals surface area contributed by atoms with Crippen LogP contribution in [0.4, 0.5) is 0 Å². The Morgan fingerprint density at radius 3 is 2.57 bits per heavy atom. The number of carbonyl (C=O) groups excluding carboxylic acids is 1.